The molecule has 0 radical (unpaired) electrons. The van der Waals surface area contributed by atoms with Gasteiger partial charge in [0.2, 0.25) is 0 Å². The van der Waals surface area contributed by atoms with Gasteiger partial charge in [-0.2, -0.15) is 4.45 Å². The second kappa shape index (κ2) is 5.49. The summed E-state index contributed by atoms with van der Waals surface area (Å²) in [6.45, 7) is 0. The number of aromatic nitrogens is 3. The number of fused-ring (bicyclic) bond motifs is 1. The van der Waals surface area contributed by atoms with Crippen molar-refractivity contribution in [3.8, 4) is 0 Å². The highest BCUT2D eigenvalue weighted by Crippen LogP contribution is 2.45. The Hall–Kier alpha value is -2.71. The van der Waals surface area contributed by atoms with Gasteiger partial charge in [0.05, 0.1) is 5.52 Å². The predicted octanol–water partition coefficient (Wildman–Crippen LogP) is 3.21. The highest BCUT2D eigenvalue weighted by atomic mass is 31.2. The average Bonchev–Trinajstić information content (AvgIpc) is 3.07. The van der Waals surface area contributed by atoms with Crippen molar-refractivity contribution < 1.29 is 4.57 Å². The summed E-state index contributed by atoms with van der Waals surface area (Å²) < 4.78 is 15.7. The van der Waals surface area contributed by atoms with E-state index < -0.39 is 7.29 Å². The molecule has 0 aliphatic heterocycles. The third kappa shape index (κ3) is 2.19. The van der Waals surface area contributed by atoms with Crippen LogP contribution in [0.5, 0.6) is 0 Å². The highest BCUT2D eigenvalue weighted by molar-refractivity contribution is 7.77. The van der Waals surface area contributed by atoms with Crippen LogP contribution in [0.3, 0.4) is 0 Å². The fourth-order valence-corrected chi connectivity index (χ4v) is 5.21. The molecule has 0 aliphatic carbocycles. The van der Waals surface area contributed by atoms with E-state index in [9.17, 15) is 4.57 Å². The van der Waals surface area contributed by atoms with Crippen LogP contribution >= 0.6 is 7.29 Å². The molecule has 0 fully saturated rings. The average molecular weight is 319 g/mol. The molecule has 0 N–H and O–H groups in total. The van der Waals surface area contributed by atoms with Crippen molar-refractivity contribution in [3.05, 3.63) is 84.9 Å². The minimum atomic E-state index is -3.13. The number of benzene rings is 3. The van der Waals surface area contributed by atoms with Crippen molar-refractivity contribution in [2.45, 2.75) is 0 Å². The molecule has 0 saturated heterocycles. The summed E-state index contributed by atoms with van der Waals surface area (Å²) in [5.74, 6) is 0. The normalized spacial score (nSPS) is 11.7. The highest BCUT2D eigenvalue weighted by Gasteiger charge is 2.32. The van der Waals surface area contributed by atoms with Crippen LogP contribution in [0, 0.1) is 0 Å². The maximum Gasteiger partial charge on any atom is 0.250 e. The molecule has 0 saturated carbocycles. The van der Waals surface area contributed by atoms with Gasteiger partial charge in [-0.1, -0.05) is 53.7 Å². The van der Waals surface area contributed by atoms with Gasteiger partial charge < -0.3 is 0 Å². The number of rotatable bonds is 3. The van der Waals surface area contributed by atoms with E-state index in [-0.39, 0.29) is 0 Å². The minimum absolute atomic E-state index is 0.736. The van der Waals surface area contributed by atoms with Crippen molar-refractivity contribution in [2.75, 3.05) is 0 Å². The van der Waals surface area contributed by atoms with Gasteiger partial charge in [0.1, 0.15) is 5.52 Å². The van der Waals surface area contributed by atoms with Crippen LogP contribution in [0.15, 0.2) is 84.9 Å². The molecule has 0 amide bonds. The molecule has 23 heavy (non-hydrogen) atoms. The molecule has 4 rings (SSSR count). The lowest BCUT2D eigenvalue weighted by Crippen LogP contribution is -2.22. The fraction of sp³-hybridized carbons (Fsp3) is 0. The van der Waals surface area contributed by atoms with Gasteiger partial charge in [0.25, 0.3) is 7.29 Å². The first-order valence-electron chi connectivity index (χ1n) is 7.33. The van der Waals surface area contributed by atoms with Crippen LogP contribution in [0.2, 0.25) is 0 Å². The molecule has 1 heterocycles. The molecule has 112 valence electrons. The molecular weight excluding hydrogens is 305 g/mol. The van der Waals surface area contributed by atoms with Crippen molar-refractivity contribution in [3.63, 3.8) is 0 Å². The Morgan fingerprint density at radius 3 is 1.83 bits per heavy atom. The van der Waals surface area contributed by atoms with E-state index in [2.05, 4.69) is 10.3 Å². The Morgan fingerprint density at radius 1 is 0.696 bits per heavy atom. The number of nitrogens with zero attached hydrogens (tertiary/aromatic N) is 3. The zero-order chi connectivity index (χ0) is 15.7. The van der Waals surface area contributed by atoms with E-state index in [0.29, 0.717) is 0 Å². The van der Waals surface area contributed by atoms with Crippen molar-refractivity contribution in [1.82, 2.24) is 14.8 Å². The van der Waals surface area contributed by atoms with Gasteiger partial charge in [0, 0.05) is 10.6 Å². The zero-order valence-corrected chi connectivity index (χ0v) is 13.2. The van der Waals surface area contributed by atoms with E-state index in [1.54, 1.807) is 4.45 Å². The topological polar surface area (TPSA) is 47.8 Å². The molecule has 0 atom stereocenters. The maximum atomic E-state index is 14.2. The van der Waals surface area contributed by atoms with Crippen LogP contribution < -0.4 is 10.6 Å². The fourth-order valence-electron chi connectivity index (χ4n) is 2.69. The van der Waals surface area contributed by atoms with Gasteiger partial charge in [-0.15, -0.1) is 5.10 Å². The molecular formula is C18H14N3OP. The molecule has 0 aliphatic rings. The summed E-state index contributed by atoms with van der Waals surface area (Å²) in [7, 11) is -3.13. The van der Waals surface area contributed by atoms with Crippen LogP contribution in [0.25, 0.3) is 11.0 Å². The Kier molecular flexibility index (Phi) is 3.32. The quantitative estimate of drug-likeness (QED) is 0.545. The van der Waals surface area contributed by atoms with Crippen LogP contribution in [0.4, 0.5) is 0 Å². The first kappa shape index (κ1) is 13.9. The molecule has 3 aromatic carbocycles. The van der Waals surface area contributed by atoms with Crippen LogP contribution in [0.1, 0.15) is 0 Å². The Bertz CT molecular complexity index is 953. The third-order valence-electron chi connectivity index (χ3n) is 3.81. The first-order valence-corrected chi connectivity index (χ1v) is 8.99. The summed E-state index contributed by atoms with van der Waals surface area (Å²) in [5, 5.41) is 9.88. The first-order chi connectivity index (χ1) is 11.3. The largest absolute Gasteiger partial charge is 0.288 e. The van der Waals surface area contributed by atoms with Gasteiger partial charge in [-0.3, -0.25) is 4.57 Å². The van der Waals surface area contributed by atoms with Gasteiger partial charge in [-0.25, -0.2) is 0 Å². The van der Waals surface area contributed by atoms with Crippen molar-refractivity contribution >= 4 is 28.9 Å². The predicted molar refractivity (Wildman–Crippen MR) is 92.7 cm³/mol. The summed E-state index contributed by atoms with van der Waals surface area (Å²) in [6, 6.07) is 26.5. The van der Waals surface area contributed by atoms with E-state index in [1.807, 2.05) is 84.9 Å². The number of para-hydroxylation sites is 1. The molecule has 0 spiro atoms. The van der Waals surface area contributed by atoms with Crippen molar-refractivity contribution in [1.29, 1.82) is 0 Å². The summed E-state index contributed by atoms with van der Waals surface area (Å²) in [5.41, 5.74) is 1.50. The van der Waals surface area contributed by atoms with Gasteiger partial charge >= 0.3 is 0 Å². The van der Waals surface area contributed by atoms with Gasteiger partial charge in [-0.05, 0) is 36.4 Å². The molecule has 0 unspecified atom stereocenters. The Labute approximate surface area is 133 Å². The lowest BCUT2D eigenvalue weighted by Gasteiger charge is -2.19. The monoisotopic (exact) mass is 319 g/mol. The second-order valence-corrected chi connectivity index (χ2v) is 7.78. The minimum Gasteiger partial charge on any atom is -0.288 e. The van der Waals surface area contributed by atoms with E-state index >= 15 is 0 Å². The smallest absolute Gasteiger partial charge is 0.250 e. The number of hydrogen-bond acceptors (Lipinski definition) is 3. The van der Waals surface area contributed by atoms with E-state index in [0.717, 1.165) is 21.6 Å². The van der Waals surface area contributed by atoms with E-state index in [1.165, 1.54) is 0 Å². The second-order valence-electron chi connectivity index (χ2n) is 5.21. The van der Waals surface area contributed by atoms with Crippen LogP contribution in [-0.4, -0.2) is 14.8 Å². The lowest BCUT2D eigenvalue weighted by molar-refractivity contribution is 0.576. The Balaban J connectivity index is 2.06. The molecule has 0 bridgehead atoms. The third-order valence-corrected chi connectivity index (χ3v) is 6.64. The van der Waals surface area contributed by atoms with Crippen LogP contribution in [-0.2, 0) is 4.57 Å². The zero-order valence-electron chi connectivity index (χ0n) is 12.3. The molecule has 5 heteroatoms. The molecule has 4 nitrogen and oxygen atoms in total. The van der Waals surface area contributed by atoms with Gasteiger partial charge in [0.15, 0.2) is 0 Å². The summed E-state index contributed by atoms with van der Waals surface area (Å²) in [6.07, 6.45) is 0. The number of hydrogen-bond donors (Lipinski definition) is 0. The Morgan fingerprint density at radius 2 is 1.22 bits per heavy atom. The molecule has 1 aromatic heterocycles. The van der Waals surface area contributed by atoms with E-state index in [4.69, 9.17) is 0 Å². The van der Waals surface area contributed by atoms with Crippen molar-refractivity contribution in [2.24, 2.45) is 0 Å². The maximum absolute atomic E-state index is 14.2. The molecule has 4 aromatic rings. The summed E-state index contributed by atoms with van der Waals surface area (Å²) >= 11 is 0. The SMILES string of the molecule is O=P(c1ccccc1)(c1ccccc1)n1nnc2ccccc21. The lowest BCUT2D eigenvalue weighted by atomic mass is 10.3. The summed E-state index contributed by atoms with van der Waals surface area (Å²) in [4.78, 5) is 0. The standard InChI is InChI=1S/C18H14N3OP/c22-23(15-9-3-1-4-10-15,16-11-5-2-6-12-16)21-18-14-8-7-13-17(18)19-20-21/h1-14H.